The smallest absolute Gasteiger partial charge is 0.416 e. The normalized spacial score (nSPS) is 11.8. The average molecular weight is 354 g/mol. The fourth-order valence-electron chi connectivity index (χ4n) is 2.65. The fourth-order valence-corrected chi connectivity index (χ4v) is 2.82. The highest BCUT2D eigenvalue weighted by Crippen LogP contribution is 2.36. The van der Waals surface area contributed by atoms with Crippen molar-refractivity contribution in [3.8, 4) is 11.3 Å². The van der Waals surface area contributed by atoms with Gasteiger partial charge >= 0.3 is 12.1 Å². The molecule has 0 atom stereocenters. The van der Waals surface area contributed by atoms with E-state index in [2.05, 4.69) is 4.98 Å². The maximum absolute atomic E-state index is 12.9. The lowest BCUT2D eigenvalue weighted by atomic mass is 10.0. The molecule has 0 amide bonds. The molecular weight excluding hydrogens is 343 g/mol. The number of hydrogen-bond acceptors (Lipinski definition) is 1. The number of carbonyl (C=O) groups is 1. The van der Waals surface area contributed by atoms with Gasteiger partial charge in [-0.2, -0.15) is 13.2 Å². The van der Waals surface area contributed by atoms with Crippen molar-refractivity contribution < 1.29 is 23.1 Å². The van der Waals surface area contributed by atoms with Gasteiger partial charge < -0.3 is 10.1 Å². The third kappa shape index (κ3) is 3.10. The standard InChI is InChI=1S/C17H11ClF3NO2/c18-11-4-5-14-12(7-11)13(8-15(23)24)16(22-14)9-2-1-3-10(6-9)17(19,20)21/h1-7,22H,8H2,(H,23,24). The molecule has 2 N–H and O–H groups in total. The van der Waals surface area contributed by atoms with Crippen molar-refractivity contribution >= 4 is 28.5 Å². The average Bonchev–Trinajstić information content (AvgIpc) is 2.84. The molecule has 0 aliphatic carbocycles. The molecule has 0 saturated carbocycles. The van der Waals surface area contributed by atoms with Crippen LogP contribution >= 0.6 is 11.6 Å². The molecule has 7 heteroatoms. The molecule has 2 aromatic carbocycles. The first-order valence-corrected chi connectivity index (χ1v) is 7.33. The van der Waals surface area contributed by atoms with Gasteiger partial charge in [0.25, 0.3) is 0 Å². The van der Waals surface area contributed by atoms with Crippen molar-refractivity contribution in [3.63, 3.8) is 0 Å². The second-order valence-electron chi connectivity index (χ2n) is 5.32. The minimum Gasteiger partial charge on any atom is -0.481 e. The number of carboxylic acid groups (broad SMARTS) is 1. The lowest BCUT2D eigenvalue weighted by Gasteiger charge is -2.09. The number of alkyl halides is 3. The summed E-state index contributed by atoms with van der Waals surface area (Å²) in [5.41, 5.74) is 0.842. The summed E-state index contributed by atoms with van der Waals surface area (Å²) in [5, 5.41) is 10.1. The van der Waals surface area contributed by atoms with Gasteiger partial charge in [0.05, 0.1) is 17.7 Å². The zero-order chi connectivity index (χ0) is 17.5. The predicted octanol–water partition coefficient (Wildman–Crippen LogP) is 5.13. The summed E-state index contributed by atoms with van der Waals surface area (Å²) >= 11 is 5.96. The molecule has 0 radical (unpaired) electrons. The van der Waals surface area contributed by atoms with Gasteiger partial charge in [0.1, 0.15) is 0 Å². The number of aliphatic carboxylic acids is 1. The first-order chi connectivity index (χ1) is 11.3. The second kappa shape index (κ2) is 5.87. The Balaban J connectivity index is 2.24. The van der Waals surface area contributed by atoms with Crippen molar-refractivity contribution in [3.05, 3.63) is 58.6 Å². The quantitative estimate of drug-likeness (QED) is 0.685. The molecule has 0 bridgehead atoms. The summed E-state index contributed by atoms with van der Waals surface area (Å²) in [4.78, 5) is 14.2. The molecule has 3 aromatic rings. The number of aromatic nitrogens is 1. The van der Waals surface area contributed by atoms with Crippen molar-refractivity contribution in [2.24, 2.45) is 0 Å². The van der Waals surface area contributed by atoms with Gasteiger partial charge in [0, 0.05) is 15.9 Å². The van der Waals surface area contributed by atoms with Gasteiger partial charge in [-0.1, -0.05) is 23.7 Å². The Bertz CT molecular complexity index is 931. The summed E-state index contributed by atoms with van der Waals surface area (Å²) in [7, 11) is 0. The molecular formula is C17H11ClF3NO2. The minimum absolute atomic E-state index is 0.272. The van der Waals surface area contributed by atoms with Crippen LogP contribution in [0, 0.1) is 0 Å². The Kier molecular flexibility index (Phi) is 4.01. The lowest BCUT2D eigenvalue weighted by molar-refractivity contribution is -0.138. The number of carboxylic acids is 1. The van der Waals surface area contributed by atoms with Gasteiger partial charge in [-0.15, -0.1) is 0 Å². The number of aromatic amines is 1. The SMILES string of the molecule is O=C(O)Cc1c(-c2cccc(C(F)(F)F)c2)[nH]c2ccc(Cl)cc12. The molecule has 24 heavy (non-hydrogen) atoms. The van der Waals surface area contributed by atoms with E-state index in [1.165, 1.54) is 12.1 Å². The monoisotopic (exact) mass is 353 g/mol. The van der Waals surface area contributed by atoms with E-state index in [9.17, 15) is 18.0 Å². The van der Waals surface area contributed by atoms with Crippen molar-refractivity contribution in [2.45, 2.75) is 12.6 Å². The van der Waals surface area contributed by atoms with Crippen LogP contribution in [-0.2, 0) is 17.4 Å². The number of rotatable bonds is 3. The minimum atomic E-state index is -4.47. The van der Waals surface area contributed by atoms with E-state index in [0.717, 1.165) is 12.1 Å². The van der Waals surface area contributed by atoms with Crippen molar-refractivity contribution in [1.29, 1.82) is 0 Å². The highest BCUT2D eigenvalue weighted by molar-refractivity contribution is 6.31. The molecule has 1 heterocycles. The topological polar surface area (TPSA) is 53.1 Å². The van der Waals surface area contributed by atoms with E-state index in [0.29, 0.717) is 27.2 Å². The first kappa shape index (κ1) is 16.4. The first-order valence-electron chi connectivity index (χ1n) is 6.95. The maximum atomic E-state index is 12.9. The Hall–Kier alpha value is -2.47. The third-order valence-electron chi connectivity index (χ3n) is 3.67. The number of hydrogen-bond donors (Lipinski definition) is 2. The Morgan fingerprint density at radius 1 is 1.17 bits per heavy atom. The van der Waals surface area contributed by atoms with Gasteiger partial charge in [-0.3, -0.25) is 4.79 Å². The van der Waals surface area contributed by atoms with Crippen LogP contribution in [0.4, 0.5) is 13.2 Å². The molecule has 0 aliphatic rings. The van der Waals surface area contributed by atoms with Gasteiger partial charge in [-0.25, -0.2) is 0 Å². The summed E-state index contributed by atoms with van der Waals surface area (Å²) in [6.45, 7) is 0. The van der Waals surface area contributed by atoms with Gasteiger partial charge in [0.2, 0.25) is 0 Å². The molecule has 0 fully saturated rings. The molecule has 0 aliphatic heterocycles. The summed E-state index contributed by atoms with van der Waals surface area (Å²) in [5.74, 6) is -1.08. The lowest BCUT2D eigenvalue weighted by Crippen LogP contribution is -2.05. The predicted molar refractivity (Wildman–Crippen MR) is 85.1 cm³/mol. The molecule has 3 nitrogen and oxygen atoms in total. The molecule has 3 rings (SSSR count). The second-order valence-corrected chi connectivity index (χ2v) is 5.75. The zero-order valence-electron chi connectivity index (χ0n) is 12.1. The number of benzene rings is 2. The van der Waals surface area contributed by atoms with Crippen molar-refractivity contribution in [2.75, 3.05) is 0 Å². The summed E-state index contributed by atoms with van der Waals surface area (Å²) < 4.78 is 38.8. The fraction of sp³-hybridized carbons (Fsp3) is 0.118. The summed E-state index contributed by atoms with van der Waals surface area (Å²) in [6.07, 6.45) is -4.80. The summed E-state index contributed by atoms with van der Waals surface area (Å²) in [6, 6.07) is 9.66. The molecule has 0 spiro atoms. The van der Waals surface area contributed by atoms with E-state index in [1.807, 2.05) is 0 Å². The van der Waals surface area contributed by atoms with E-state index in [1.54, 1.807) is 18.2 Å². The van der Waals surface area contributed by atoms with Crippen LogP contribution in [-0.4, -0.2) is 16.1 Å². The zero-order valence-corrected chi connectivity index (χ0v) is 12.9. The third-order valence-corrected chi connectivity index (χ3v) is 3.91. The van der Waals surface area contributed by atoms with Crippen LogP contribution in [0.15, 0.2) is 42.5 Å². The molecule has 124 valence electrons. The number of halogens is 4. The highest BCUT2D eigenvalue weighted by Gasteiger charge is 2.30. The Labute approximate surface area is 139 Å². The largest absolute Gasteiger partial charge is 0.481 e. The van der Waals surface area contributed by atoms with Gasteiger partial charge in [0.15, 0.2) is 0 Å². The highest BCUT2D eigenvalue weighted by atomic mass is 35.5. The Morgan fingerprint density at radius 2 is 1.92 bits per heavy atom. The Morgan fingerprint density at radius 3 is 2.58 bits per heavy atom. The van der Waals surface area contributed by atoms with Crippen LogP contribution in [0.2, 0.25) is 5.02 Å². The van der Waals surface area contributed by atoms with E-state index >= 15 is 0 Å². The van der Waals surface area contributed by atoms with Crippen LogP contribution in [0.1, 0.15) is 11.1 Å². The molecule has 1 aromatic heterocycles. The van der Waals surface area contributed by atoms with Crippen molar-refractivity contribution in [1.82, 2.24) is 4.98 Å². The van der Waals surface area contributed by atoms with Crippen LogP contribution in [0.25, 0.3) is 22.2 Å². The molecule has 0 unspecified atom stereocenters. The van der Waals surface area contributed by atoms with Crippen LogP contribution in [0.5, 0.6) is 0 Å². The van der Waals surface area contributed by atoms with E-state index in [-0.39, 0.29) is 12.0 Å². The van der Waals surface area contributed by atoms with Crippen LogP contribution in [0.3, 0.4) is 0 Å². The number of fused-ring (bicyclic) bond motifs is 1. The number of H-pyrrole nitrogens is 1. The van der Waals surface area contributed by atoms with Gasteiger partial charge in [-0.05, 0) is 41.5 Å². The number of nitrogens with one attached hydrogen (secondary N) is 1. The van der Waals surface area contributed by atoms with Crippen LogP contribution < -0.4 is 0 Å². The van der Waals surface area contributed by atoms with E-state index in [4.69, 9.17) is 16.7 Å². The van der Waals surface area contributed by atoms with E-state index < -0.39 is 17.7 Å². The molecule has 0 saturated heterocycles. The maximum Gasteiger partial charge on any atom is 0.416 e.